The van der Waals surface area contributed by atoms with E-state index in [9.17, 15) is 19.7 Å². The number of ether oxygens (including phenoxy) is 1. The van der Waals surface area contributed by atoms with Gasteiger partial charge in [-0.3, -0.25) is 19.8 Å². The number of hydrogen-bond donors (Lipinski definition) is 1. The molecule has 0 saturated carbocycles. The number of hydrogen-bond acceptors (Lipinski definition) is 7. The lowest BCUT2D eigenvalue weighted by Gasteiger charge is -2.32. The molecule has 2 aliphatic rings. The summed E-state index contributed by atoms with van der Waals surface area (Å²) in [7, 11) is 0. The summed E-state index contributed by atoms with van der Waals surface area (Å²) in [6, 6.07) is 4.05. The highest BCUT2D eigenvalue weighted by Crippen LogP contribution is 2.23. The maximum atomic E-state index is 12.9. The van der Waals surface area contributed by atoms with Gasteiger partial charge in [-0.1, -0.05) is 0 Å². The fraction of sp³-hybridized carbons (Fsp3) is 0.556. The van der Waals surface area contributed by atoms with Crippen molar-refractivity contribution in [1.29, 1.82) is 0 Å². The van der Waals surface area contributed by atoms with Gasteiger partial charge in [-0.2, -0.15) is 0 Å². The second kappa shape index (κ2) is 9.81. The minimum atomic E-state index is -0.671. The maximum absolute atomic E-state index is 12.9. The van der Waals surface area contributed by atoms with Crippen LogP contribution in [-0.2, 0) is 4.74 Å². The molecule has 1 amide bonds. The highest BCUT2D eigenvalue weighted by molar-refractivity contribution is 5.99. The standard InChI is InChI=1S/C18H24N4O5.ClH/c1-2-27-18(24)14-9-13(10-16(11-14)22(25)26)17(23)21-6-3-15(12-21)20-7-4-19-5-8-20;/h9-11,15,19H,2-8,12H2,1H3;1H. The summed E-state index contributed by atoms with van der Waals surface area (Å²) >= 11 is 0. The fourth-order valence-electron chi connectivity index (χ4n) is 3.63. The lowest BCUT2D eigenvalue weighted by molar-refractivity contribution is -0.384. The first kappa shape index (κ1) is 22.1. The van der Waals surface area contributed by atoms with Gasteiger partial charge in [0.1, 0.15) is 0 Å². The van der Waals surface area contributed by atoms with E-state index >= 15 is 0 Å². The third-order valence-corrected chi connectivity index (χ3v) is 5.01. The van der Waals surface area contributed by atoms with Gasteiger partial charge in [0.25, 0.3) is 11.6 Å². The van der Waals surface area contributed by atoms with Gasteiger partial charge in [-0.05, 0) is 19.4 Å². The molecule has 2 aliphatic heterocycles. The molecule has 0 radical (unpaired) electrons. The number of nitro groups is 1. The number of benzene rings is 1. The zero-order valence-electron chi connectivity index (χ0n) is 15.8. The molecule has 9 nitrogen and oxygen atoms in total. The Bertz CT molecular complexity index is 739. The number of carbonyl (C=O) groups is 2. The van der Waals surface area contributed by atoms with Gasteiger partial charge in [-0.25, -0.2) is 4.79 Å². The minimum Gasteiger partial charge on any atom is -0.462 e. The van der Waals surface area contributed by atoms with Crippen LogP contribution < -0.4 is 5.32 Å². The van der Waals surface area contributed by atoms with E-state index in [4.69, 9.17) is 4.74 Å². The molecule has 1 atom stereocenters. The number of amides is 1. The lowest BCUT2D eigenvalue weighted by atomic mass is 10.1. The van der Waals surface area contributed by atoms with Crippen LogP contribution in [0.4, 0.5) is 5.69 Å². The first-order valence-corrected chi connectivity index (χ1v) is 9.20. The predicted molar refractivity (Wildman–Crippen MR) is 105 cm³/mol. The number of esters is 1. The molecular formula is C18H25ClN4O5. The third kappa shape index (κ3) is 4.98. The first-order valence-electron chi connectivity index (χ1n) is 9.20. The summed E-state index contributed by atoms with van der Waals surface area (Å²) in [5, 5.41) is 14.5. The van der Waals surface area contributed by atoms with E-state index in [1.165, 1.54) is 12.1 Å². The van der Waals surface area contributed by atoms with Gasteiger partial charge in [0.05, 0.1) is 17.1 Å². The number of piperazine rings is 1. The smallest absolute Gasteiger partial charge is 0.338 e. The molecule has 0 spiro atoms. The monoisotopic (exact) mass is 412 g/mol. The molecule has 1 aromatic rings. The van der Waals surface area contributed by atoms with Crippen molar-refractivity contribution >= 4 is 30.0 Å². The Morgan fingerprint density at radius 2 is 1.89 bits per heavy atom. The van der Waals surface area contributed by atoms with Crippen LogP contribution in [0.25, 0.3) is 0 Å². The van der Waals surface area contributed by atoms with Crippen LogP contribution in [0, 0.1) is 10.1 Å². The van der Waals surface area contributed by atoms with Crippen LogP contribution in [-0.4, -0.2) is 78.5 Å². The zero-order chi connectivity index (χ0) is 19.4. The molecule has 0 aromatic heterocycles. The number of nitrogens with zero attached hydrogens (tertiary/aromatic N) is 3. The van der Waals surface area contributed by atoms with Gasteiger partial charge in [0, 0.05) is 63.0 Å². The molecule has 2 heterocycles. The summed E-state index contributed by atoms with van der Waals surface area (Å²) in [5.41, 5.74) is -0.123. The lowest BCUT2D eigenvalue weighted by Crippen LogP contribution is -2.49. The van der Waals surface area contributed by atoms with E-state index in [2.05, 4.69) is 10.2 Å². The van der Waals surface area contributed by atoms with Crippen molar-refractivity contribution in [2.75, 3.05) is 45.9 Å². The van der Waals surface area contributed by atoms with Gasteiger partial charge < -0.3 is 15.0 Å². The van der Waals surface area contributed by atoms with Gasteiger partial charge in [-0.15, -0.1) is 12.4 Å². The molecule has 0 aliphatic carbocycles. The van der Waals surface area contributed by atoms with E-state index < -0.39 is 10.9 Å². The number of nitro benzene ring substituents is 1. The average molecular weight is 413 g/mol. The maximum Gasteiger partial charge on any atom is 0.338 e. The summed E-state index contributed by atoms with van der Waals surface area (Å²) in [4.78, 5) is 39.6. The van der Waals surface area contributed by atoms with Crippen molar-refractivity contribution in [2.45, 2.75) is 19.4 Å². The van der Waals surface area contributed by atoms with E-state index in [0.717, 1.165) is 38.7 Å². The Morgan fingerprint density at radius 3 is 2.54 bits per heavy atom. The second-order valence-corrected chi connectivity index (χ2v) is 6.73. The van der Waals surface area contributed by atoms with Crippen LogP contribution in [0.2, 0.25) is 0 Å². The number of nitrogens with one attached hydrogen (secondary N) is 1. The number of likely N-dealkylation sites (tertiary alicyclic amines) is 1. The molecule has 2 fully saturated rings. The molecule has 154 valence electrons. The number of non-ortho nitro benzene ring substituents is 1. The molecule has 2 saturated heterocycles. The van der Waals surface area contributed by atoms with E-state index in [-0.39, 0.29) is 41.7 Å². The second-order valence-electron chi connectivity index (χ2n) is 6.73. The van der Waals surface area contributed by atoms with Crippen molar-refractivity contribution in [3.05, 3.63) is 39.4 Å². The fourth-order valence-corrected chi connectivity index (χ4v) is 3.63. The van der Waals surface area contributed by atoms with Gasteiger partial charge in [0.2, 0.25) is 0 Å². The van der Waals surface area contributed by atoms with Crippen molar-refractivity contribution in [1.82, 2.24) is 15.1 Å². The molecule has 1 N–H and O–H groups in total. The minimum absolute atomic E-state index is 0. The van der Waals surface area contributed by atoms with Crippen LogP contribution in [0.5, 0.6) is 0 Å². The van der Waals surface area contributed by atoms with Crippen LogP contribution in [0.15, 0.2) is 18.2 Å². The van der Waals surface area contributed by atoms with Crippen molar-refractivity contribution in [3.8, 4) is 0 Å². The Balaban J connectivity index is 0.00000280. The Kier molecular flexibility index (Phi) is 7.73. The SMILES string of the molecule is CCOC(=O)c1cc(C(=O)N2CCC(N3CCNCC3)C2)cc([N+](=O)[O-])c1.Cl. The van der Waals surface area contributed by atoms with Crippen molar-refractivity contribution in [3.63, 3.8) is 0 Å². The number of carbonyl (C=O) groups excluding carboxylic acids is 2. The quantitative estimate of drug-likeness (QED) is 0.441. The molecule has 10 heteroatoms. The van der Waals surface area contributed by atoms with Crippen molar-refractivity contribution in [2.24, 2.45) is 0 Å². The predicted octanol–water partition coefficient (Wildman–Crippen LogP) is 1.31. The van der Waals surface area contributed by atoms with Crippen LogP contribution in [0.1, 0.15) is 34.1 Å². The highest BCUT2D eigenvalue weighted by atomic mass is 35.5. The Morgan fingerprint density at radius 1 is 1.21 bits per heavy atom. The normalized spacial score (nSPS) is 19.8. The topological polar surface area (TPSA) is 105 Å². The third-order valence-electron chi connectivity index (χ3n) is 5.01. The van der Waals surface area contributed by atoms with Crippen LogP contribution >= 0.6 is 12.4 Å². The van der Waals surface area contributed by atoms with E-state index in [1.807, 2.05) is 0 Å². The summed E-state index contributed by atoms with van der Waals surface area (Å²) in [5.74, 6) is -0.961. The summed E-state index contributed by atoms with van der Waals surface area (Å²) < 4.78 is 4.92. The molecule has 1 aromatic carbocycles. The number of rotatable bonds is 5. The average Bonchev–Trinajstić information content (AvgIpc) is 3.18. The summed E-state index contributed by atoms with van der Waals surface area (Å²) in [6.07, 6.45) is 0.880. The Labute approximate surface area is 169 Å². The first-order chi connectivity index (χ1) is 13.0. The van der Waals surface area contributed by atoms with E-state index in [0.29, 0.717) is 19.1 Å². The molecule has 0 bridgehead atoms. The largest absolute Gasteiger partial charge is 0.462 e. The molecule has 1 unspecified atom stereocenters. The summed E-state index contributed by atoms with van der Waals surface area (Å²) in [6.45, 7) is 6.80. The highest BCUT2D eigenvalue weighted by Gasteiger charge is 2.32. The zero-order valence-corrected chi connectivity index (χ0v) is 16.6. The van der Waals surface area contributed by atoms with Gasteiger partial charge in [0.15, 0.2) is 0 Å². The molecule has 3 rings (SSSR count). The molecular weight excluding hydrogens is 388 g/mol. The van der Waals surface area contributed by atoms with E-state index in [1.54, 1.807) is 11.8 Å². The number of halogens is 1. The Hall–Kier alpha value is -2.23. The molecule has 28 heavy (non-hydrogen) atoms. The van der Waals surface area contributed by atoms with Crippen LogP contribution in [0.3, 0.4) is 0 Å². The van der Waals surface area contributed by atoms with Gasteiger partial charge >= 0.3 is 5.97 Å². The van der Waals surface area contributed by atoms with Crippen molar-refractivity contribution < 1.29 is 19.2 Å².